The number of hydrogen-bond acceptors (Lipinski definition) is 5. The summed E-state index contributed by atoms with van der Waals surface area (Å²) in [5, 5.41) is 0. The number of carbonyl (C=O) groups is 1. The van der Waals surface area contributed by atoms with E-state index in [1.54, 1.807) is 13.2 Å². The first-order chi connectivity index (χ1) is 11.2. The SMILES string of the molecule is C=C[C@@H](C[C@@H](CCOCc1ccccc1)OC(C)=O)OCOC. The second-order valence-electron chi connectivity index (χ2n) is 5.14. The van der Waals surface area contributed by atoms with Gasteiger partial charge in [0.1, 0.15) is 12.9 Å². The molecule has 0 fully saturated rings. The highest BCUT2D eigenvalue weighted by atomic mass is 16.7. The molecule has 0 radical (unpaired) electrons. The normalized spacial score (nSPS) is 13.3. The van der Waals surface area contributed by atoms with Crippen LogP contribution in [0, 0.1) is 0 Å². The molecule has 0 saturated heterocycles. The molecule has 23 heavy (non-hydrogen) atoms. The first kappa shape index (κ1) is 19.4. The first-order valence-corrected chi connectivity index (χ1v) is 7.67. The van der Waals surface area contributed by atoms with Crippen LogP contribution >= 0.6 is 0 Å². The van der Waals surface area contributed by atoms with Crippen molar-refractivity contribution in [3.05, 3.63) is 48.6 Å². The maximum absolute atomic E-state index is 11.2. The van der Waals surface area contributed by atoms with Crippen LogP contribution in [-0.2, 0) is 30.3 Å². The van der Waals surface area contributed by atoms with Crippen LogP contribution in [0.5, 0.6) is 0 Å². The fraction of sp³-hybridized carbons (Fsp3) is 0.500. The minimum absolute atomic E-state index is 0.175. The van der Waals surface area contributed by atoms with Gasteiger partial charge in [-0.3, -0.25) is 4.79 Å². The average molecular weight is 322 g/mol. The van der Waals surface area contributed by atoms with E-state index in [4.69, 9.17) is 18.9 Å². The Morgan fingerprint density at radius 1 is 1.30 bits per heavy atom. The lowest BCUT2D eigenvalue weighted by molar-refractivity contribution is -0.149. The minimum atomic E-state index is -0.312. The molecule has 0 aliphatic carbocycles. The third-order valence-electron chi connectivity index (χ3n) is 3.19. The van der Waals surface area contributed by atoms with E-state index in [0.29, 0.717) is 26.1 Å². The van der Waals surface area contributed by atoms with Gasteiger partial charge in [0.25, 0.3) is 0 Å². The van der Waals surface area contributed by atoms with Gasteiger partial charge in [0.05, 0.1) is 19.3 Å². The van der Waals surface area contributed by atoms with Crippen molar-refractivity contribution in [1.82, 2.24) is 0 Å². The zero-order chi connectivity index (χ0) is 16.9. The van der Waals surface area contributed by atoms with Crippen molar-refractivity contribution in [2.75, 3.05) is 20.5 Å². The minimum Gasteiger partial charge on any atom is -0.462 e. The molecule has 0 unspecified atom stereocenters. The van der Waals surface area contributed by atoms with Crippen molar-refractivity contribution in [2.45, 2.75) is 38.6 Å². The van der Waals surface area contributed by atoms with Crippen LogP contribution in [-0.4, -0.2) is 38.7 Å². The van der Waals surface area contributed by atoms with Gasteiger partial charge in [-0.2, -0.15) is 0 Å². The summed E-state index contributed by atoms with van der Waals surface area (Å²) >= 11 is 0. The molecule has 128 valence electrons. The van der Waals surface area contributed by atoms with Crippen LogP contribution in [0.3, 0.4) is 0 Å². The van der Waals surface area contributed by atoms with E-state index in [9.17, 15) is 4.79 Å². The molecule has 0 amide bonds. The summed E-state index contributed by atoms with van der Waals surface area (Å²) < 4.78 is 21.3. The van der Waals surface area contributed by atoms with Crippen molar-refractivity contribution in [2.24, 2.45) is 0 Å². The first-order valence-electron chi connectivity index (χ1n) is 7.67. The van der Waals surface area contributed by atoms with Crippen LogP contribution < -0.4 is 0 Å². The predicted octanol–water partition coefficient (Wildman–Crippen LogP) is 3.09. The standard InChI is InChI=1S/C18H26O5/c1-4-17(22-14-20-3)12-18(23-15(2)19)10-11-21-13-16-8-6-5-7-9-16/h4-9,17-18H,1,10-14H2,2-3H3/t17-,18+/m0/s1. The molecule has 0 heterocycles. The summed E-state index contributed by atoms with van der Waals surface area (Å²) in [6, 6.07) is 9.94. The Kier molecular flexibility index (Phi) is 9.95. The molecule has 1 aromatic carbocycles. The molecular formula is C18H26O5. The molecule has 0 spiro atoms. The third-order valence-corrected chi connectivity index (χ3v) is 3.19. The van der Waals surface area contributed by atoms with Crippen molar-refractivity contribution in [3.8, 4) is 0 Å². The highest BCUT2D eigenvalue weighted by molar-refractivity contribution is 5.66. The smallest absolute Gasteiger partial charge is 0.302 e. The zero-order valence-electron chi connectivity index (χ0n) is 13.9. The van der Waals surface area contributed by atoms with Gasteiger partial charge in [-0.15, -0.1) is 6.58 Å². The summed E-state index contributed by atoms with van der Waals surface area (Å²) in [5.41, 5.74) is 1.11. The number of rotatable bonds is 12. The van der Waals surface area contributed by atoms with Gasteiger partial charge in [-0.25, -0.2) is 0 Å². The van der Waals surface area contributed by atoms with Crippen LogP contribution in [0.25, 0.3) is 0 Å². The predicted molar refractivity (Wildman–Crippen MR) is 87.8 cm³/mol. The van der Waals surface area contributed by atoms with Gasteiger partial charge in [0, 0.05) is 26.9 Å². The maximum atomic E-state index is 11.2. The Hall–Kier alpha value is -1.69. The largest absolute Gasteiger partial charge is 0.462 e. The van der Waals surface area contributed by atoms with Crippen molar-refractivity contribution in [1.29, 1.82) is 0 Å². The Morgan fingerprint density at radius 2 is 2.04 bits per heavy atom. The summed E-state index contributed by atoms with van der Waals surface area (Å²) in [6.07, 6.45) is 2.31. The Morgan fingerprint density at radius 3 is 2.65 bits per heavy atom. The molecule has 0 aliphatic heterocycles. The lowest BCUT2D eigenvalue weighted by atomic mass is 10.1. The van der Waals surface area contributed by atoms with Crippen LogP contribution in [0.15, 0.2) is 43.0 Å². The number of carbonyl (C=O) groups excluding carboxylic acids is 1. The fourth-order valence-electron chi connectivity index (χ4n) is 2.09. The van der Waals surface area contributed by atoms with E-state index in [0.717, 1.165) is 5.56 Å². The van der Waals surface area contributed by atoms with E-state index >= 15 is 0 Å². The highest BCUT2D eigenvalue weighted by Crippen LogP contribution is 2.13. The Balaban J connectivity index is 2.37. The molecule has 5 heteroatoms. The van der Waals surface area contributed by atoms with Gasteiger partial charge in [-0.05, 0) is 5.56 Å². The molecule has 2 atom stereocenters. The van der Waals surface area contributed by atoms with E-state index in [1.807, 2.05) is 30.3 Å². The van der Waals surface area contributed by atoms with Crippen molar-refractivity contribution in [3.63, 3.8) is 0 Å². The fourth-order valence-corrected chi connectivity index (χ4v) is 2.09. The third kappa shape index (κ3) is 9.13. The van der Waals surface area contributed by atoms with Crippen LogP contribution in [0.4, 0.5) is 0 Å². The van der Waals surface area contributed by atoms with Gasteiger partial charge in [0.2, 0.25) is 0 Å². The number of esters is 1. The average Bonchev–Trinajstić information content (AvgIpc) is 2.55. The monoisotopic (exact) mass is 322 g/mol. The summed E-state index contributed by atoms with van der Waals surface area (Å²) in [4.78, 5) is 11.2. The van der Waals surface area contributed by atoms with E-state index in [1.165, 1.54) is 6.92 Å². The zero-order valence-corrected chi connectivity index (χ0v) is 13.9. The molecule has 0 N–H and O–H groups in total. The Bertz CT molecular complexity index is 446. The van der Waals surface area contributed by atoms with Gasteiger partial charge in [-0.1, -0.05) is 36.4 Å². The van der Waals surface area contributed by atoms with E-state index < -0.39 is 0 Å². The molecule has 1 aromatic rings. The summed E-state index contributed by atoms with van der Waals surface area (Å²) in [7, 11) is 1.56. The second kappa shape index (κ2) is 11.8. The number of ether oxygens (including phenoxy) is 4. The molecule has 0 aromatic heterocycles. The van der Waals surface area contributed by atoms with Gasteiger partial charge < -0.3 is 18.9 Å². The summed E-state index contributed by atoms with van der Waals surface area (Å²) in [5.74, 6) is -0.312. The van der Waals surface area contributed by atoms with Gasteiger partial charge in [0.15, 0.2) is 0 Å². The number of benzene rings is 1. The Labute approximate surface area is 138 Å². The van der Waals surface area contributed by atoms with Crippen LogP contribution in [0.2, 0.25) is 0 Å². The van der Waals surface area contributed by atoms with Crippen LogP contribution in [0.1, 0.15) is 25.3 Å². The maximum Gasteiger partial charge on any atom is 0.302 e. The molecule has 1 rings (SSSR count). The topological polar surface area (TPSA) is 54.0 Å². The van der Waals surface area contributed by atoms with E-state index in [2.05, 4.69) is 6.58 Å². The quantitative estimate of drug-likeness (QED) is 0.256. The molecular weight excluding hydrogens is 296 g/mol. The van der Waals surface area contributed by atoms with E-state index in [-0.39, 0.29) is 25.0 Å². The lowest BCUT2D eigenvalue weighted by Crippen LogP contribution is -2.25. The summed E-state index contributed by atoms with van der Waals surface area (Å²) in [6.45, 7) is 6.35. The van der Waals surface area contributed by atoms with Crippen molar-refractivity contribution >= 4 is 5.97 Å². The van der Waals surface area contributed by atoms with Crippen molar-refractivity contribution < 1.29 is 23.7 Å². The number of methoxy groups -OCH3 is 1. The number of hydrogen-bond donors (Lipinski definition) is 0. The molecule has 0 aliphatic rings. The van der Waals surface area contributed by atoms with Gasteiger partial charge >= 0.3 is 5.97 Å². The molecule has 5 nitrogen and oxygen atoms in total. The highest BCUT2D eigenvalue weighted by Gasteiger charge is 2.17. The lowest BCUT2D eigenvalue weighted by Gasteiger charge is -2.21. The second-order valence-corrected chi connectivity index (χ2v) is 5.14. The molecule has 0 bridgehead atoms. The molecule has 0 saturated carbocycles.